The topological polar surface area (TPSA) is 72.9 Å². The molecule has 0 aliphatic carbocycles. The molecule has 0 atom stereocenters. The lowest BCUT2D eigenvalue weighted by atomic mass is 9.90. The standard InChI is InChI=1S/C19H23NO5/c1-24-18(22)7-8-19(23)25-14-17(21)20-11-9-16(10-12-20)13-15-5-3-2-4-6-15/h2-8,16H,9-14H2,1H3/b8-7+. The van der Waals surface area contributed by atoms with Crippen molar-refractivity contribution in [1.82, 2.24) is 4.90 Å². The van der Waals surface area contributed by atoms with Crippen LogP contribution >= 0.6 is 0 Å². The van der Waals surface area contributed by atoms with Crippen LogP contribution in [-0.2, 0) is 30.3 Å². The lowest BCUT2D eigenvalue weighted by Gasteiger charge is -2.32. The number of piperidine rings is 1. The van der Waals surface area contributed by atoms with Crippen LogP contribution < -0.4 is 0 Å². The molecule has 6 nitrogen and oxygen atoms in total. The minimum atomic E-state index is -0.738. The zero-order chi connectivity index (χ0) is 18.1. The van der Waals surface area contributed by atoms with Crippen LogP contribution in [0, 0.1) is 5.92 Å². The van der Waals surface area contributed by atoms with Gasteiger partial charge >= 0.3 is 11.9 Å². The molecule has 0 spiro atoms. The van der Waals surface area contributed by atoms with Gasteiger partial charge in [0, 0.05) is 25.2 Å². The molecule has 1 heterocycles. The predicted molar refractivity (Wildman–Crippen MR) is 91.6 cm³/mol. The van der Waals surface area contributed by atoms with Gasteiger partial charge in [-0.15, -0.1) is 0 Å². The molecular weight excluding hydrogens is 322 g/mol. The molecule has 0 aromatic heterocycles. The van der Waals surface area contributed by atoms with E-state index in [0.717, 1.165) is 31.4 Å². The smallest absolute Gasteiger partial charge is 0.331 e. The predicted octanol–water partition coefficient (Wildman–Crippen LogP) is 1.74. The number of amides is 1. The highest BCUT2D eigenvalue weighted by Crippen LogP contribution is 2.21. The summed E-state index contributed by atoms with van der Waals surface area (Å²) in [4.78, 5) is 36.1. The molecule has 134 valence electrons. The zero-order valence-corrected chi connectivity index (χ0v) is 14.3. The maximum atomic E-state index is 12.1. The van der Waals surface area contributed by atoms with Crippen molar-refractivity contribution in [3.05, 3.63) is 48.0 Å². The minimum absolute atomic E-state index is 0.210. The van der Waals surface area contributed by atoms with Crippen LogP contribution in [0.4, 0.5) is 0 Å². The molecule has 2 rings (SSSR count). The lowest BCUT2D eigenvalue weighted by molar-refractivity contribution is -0.149. The third kappa shape index (κ3) is 6.41. The first-order valence-electron chi connectivity index (χ1n) is 8.33. The van der Waals surface area contributed by atoms with Crippen molar-refractivity contribution in [2.24, 2.45) is 5.92 Å². The van der Waals surface area contributed by atoms with Gasteiger partial charge in [-0.2, -0.15) is 0 Å². The molecule has 1 aliphatic heterocycles. The van der Waals surface area contributed by atoms with Crippen LogP contribution in [0.1, 0.15) is 18.4 Å². The maximum absolute atomic E-state index is 12.1. The Morgan fingerprint density at radius 1 is 1.08 bits per heavy atom. The Bertz CT molecular complexity index is 618. The second-order valence-corrected chi connectivity index (χ2v) is 5.98. The number of nitrogens with zero attached hydrogens (tertiary/aromatic N) is 1. The molecule has 0 bridgehead atoms. The Morgan fingerprint density at radius 3 is 2.36 bits per heavy atom. The van der Waals surface area contributed by atoms with Crippen molar-refractivity contribution in [1.29, 1.82) is 0 Å². The molecule has 6 heteroatoms. The molecular formula is C19H23NO5. The van der Waals surface area contributed by atoms with Gasteiger partial charge in [-0.1, -0.05) is 30.3 Å². The Hall–Kier alpha value is -2.63. The summed E-state index contributed by atoms with van der Waals surface area (Å²) in [6.07, 6.45) is 4.82. The first kappa shape index (κ1) is 18.7. The lowest BCUT2D eigenvalue weighted by Crippen LogP contribution is -2.41. The van der Waals surface area contributed by atoms with E-state index in [0.29, 0.717) is 19.0 Å². The van der Waals surface area contributed by atoms with Crippen LogP contribution in [0.15, 0.2) is 42.5 Å². The fourth-order valence-electron chi connectivity index (χ4n) is 2.81. The van der Waals surface area contributed by atoms with E-state index in [-0.39, 0.29) is 12.5 Å². The highest BCUT2D eigenvalue weighted by molar-refractivity contribution is 5.92. The van der Waals surface area contributed by atoms with E-state index in [1.165, 1.54) is 12.7 Å². The van der Waals surface area contributed by atoms with Crippen molar-refractivity contribution in [2.45, 2.75) is 19.3 Å². The largest absolute Gasteiger partial charge is 0.466 e. The number of likely N-dealkylation sites (tertiary alicyclic amines) is 1. The van der Waals surface area contributed by atoms with Gasteiger partial charge in [0.2, 0.25) is 0 Å². The highest BCUT2D eigenvalue weighted by Gasteiger charge is 2.23. The molecule has 1 aromatic rings. The normalized spacial score (nSPS) is 15.2. The number of carbonyl (C=O) groups excluding carboxylic acids is 3. The van der Waals surface area contributed by atoms with E-state index in [4.69, 9.17) is 4.74 Å². The van der Waals surface area contributed by atoms with Crippen LogP contribution in [0.5, 0.6) is 0 Å². The molecule has 1 aliphatic rings. The Labute approximate surface area is 147 Å². The molecule has 1 saturated heterocycles. The summed E-state index contributed by atoms with van der Waals surface area (Å²) in [5.74, 6) is -1.03. The molecule has 1 aromatic carbocycles. The summed E-state index contributed by atoms with van der Waals surface area (Å²) in [7, 11) is 1.21. The summed E-state index contributed by atoms with van der Waals surface area (Å²) < 4.78 is 9.21. The number of hydrogen-bond donors (Lipinski definition) is 0. The minimum Gasteiger partial charge on any atom is -0.466 e. The SMILES string of the molecule is COC(=O)/C=C/C(=O)OCC(=O)N1CCC(Cc2ccccc2)CC1. The Morgan fingerprint density at radius 2 is 1.72 bits per heavy atom. The number of benzene rings is 1. The summed E-state index contributed by atoms with van der Waals surface area (Å²) >= 11 is 0. The van der Waals surface area contributed by atoms with Crippen LogP contribution in [0.2, 0.25) is 0 Å². The fourth-order valence-corrected chi connectivity index (χ4v) is 2.81. The number of ether oxygens (including phenoxy) is 2. The fraction of sp³-hybridized carbons (Fsp3) is 0.421. The summed E-state index contributed by atoms with van der Waals surface area (Å²) in [5, 5.41) is 0. The number of methoxy groups -OCH3 is 1. The van der Waals surface area contributed by atoms with E-state index in [1.807, 2.05) is 18.2 Å². The van der Waals surface area contributed by atoms with E-state index in [9.17, 15) is 14.4 Å². The van der Waals surface area contributed by atoms with Gasteiger partial charge in [0.15, 0.2) is 6.61 Å². The molecule has 1 amide bonds. The van der Waals surface area contributed by atoms with Crippen LogP contribution in [0.3, 0.4) is 0 Å². The number of hydrogen-bond acceptors (Lipinski definition) is 5. The number of esters is 2. The third-order valence-electron chi connectivity index (χ3n) is 4.23. The van der Waals surface area contributed by atoms with Crippen molar-refractivity contribution >= 4 is 17.8 Å². The van der Waals surface area contributed by atoms with Crippen LogP contribution in [0.25, 0.3) is 0 Å². The summed E-state index contributed by atoms with van der Waals surface area (Å²) in [5.41, 5.74) is 1.32. The van der Waals surface area contributed by atoms with E-state index in [2.05, 4.69) is 16.9 Å². The number of carbonyl (C=O) groups is 3. The first-order chi connectivity index (χ1) is 12.1. The molecule has 25 heavy (non-hydrogen) atoms. The third-order valence-corrected chi connectivity index (χ3v) is 4.23. The second-order valence-electron chi connectivity index (χ2n) is 5.98. The second kappa shape index (κ2) is 9.61. The Balaban J connectivity index is 1.69. The molecule has 0 saturated carbocycles. The van der Waals surface area contributed by atoms with E-state index >= 15 is 0 Å². The molecule has 1 fully saturated rings. The van der Waals surface area contributed by atoms with Crippen molar-refractivity contribution in [3.63, 3.8) is 0 Å². The van der Waals surface area contributed by atoms with Crippen molar-refractivity contribution < 1.29 is 23.9 Å². The van der Waals surface area contributed by atoms with Crippen molar-refractivity contribution in [2.75, 3.05) is 26.8 Å². The molecule has 0 N–H and O–H groups in total. The summed E-state index contributed by atoms with van der Waals surface area (Å²) in [6.45, 7) is 1.03. The Kier molecular flexibility index (Phi) is 7.19. The summed E-state index contributed by atoms with van der Waals surface area (Å²) in [6, 6.07) is 10.3. The van der Waals surface area contributed by atoms with Crippen molar-refractivity contribution in [3.8, 4) is 0 Å². The van der Waals surface area contributed by atoms with Crippen LogP contribution in [-0.4, -0.2) is 49.6 Å². The zero-order valence-electron chi connectivity index (χ0n) is 14.3. The number of rotatable bonds is 6. The van der Waals surface area contributed by atoms with Gasteiger partial charge in [-0.25, -0.2) is 9.59 Å². The maximum Gasteiger partial charge on any atom is 0.331 e. The van der Waals surface area contributed by atoms with Gasteiger partial charge in [0.25, 0.3) is 5.91 Å². The molecule has 0 unspecified atom stereocenters. The van der Waals surface area contributed by atoms with Gasteiger partial charge in [0.05, 0.1) is 7.11 Å². The first-order valence-corrected chi connectivity index (χ1v) is 8.33. The van der Waals surface area contributed by atoms with E-state index < -0.39 is 11.9 Å². The average Bonchev–Trinajstić information content (AvgIpc) is 2.65. The van der Waals surface area contributed by atoms with Gasteiger partial charge in [-0.3, -0.25) is 4.79 Å². The molecule has 0 radical (unpaired) electrons. The van der Waals surface area contributed by atoms with Gasteiger partial charge < -0.3 is 14.4 Å². The van der Waals surface area contributed by atoms with Gasteiger partial charge in [-0.05, 0) is 30.7 Å². The quantitative estimate of drug-likeness (QED) is 0.580. The highest BCUT2D eigenvalue weighted by atomic mass is 16.5. The average molecular weight is 345 g/mol. The van der Waals surface area contributed by atoms with E-state index in [1.54, 1.807) is 4.90 Å². The van der Waals surface area contributed by atoms with Gasteiger partial charge in [0.1, 0.15) is 0 Å². The monoisotopic (exact) mass is 345 g/mol.